The molecule has 414 valence electrons. The van der Waals surface area contributed by atoms with Gasteiger partial charge in [0.25, 0.3) is 0 Å². The Morgan fingerprint density at radius 1 is 0.319 bits per heavy atom. The molecular formula is C67H116O5. The van der Waals surface area contributed by atoms with Crippen molar-refractivity contribution in [3.8, 4) is 0 Å². The molecule has 0 aromatic heterocycles. The summed E-state index contributed by atoms with van der Waals surface area (Å²) in [7, 11) is 0. The Morgan fingerprint density at radius 3 is 1.00 bits per heavy atom. The van der Waals surface area contributed by atoms with Gasteiger partial charge in [0.1, 0.15) is 6.61 Å². The van der Waals surface area contributed by atoms with Crippen LogP contribution in [-0.2, 0) is 23.8 Å². The summed E-state index contributed by atoms with van der Waals surface area (Å²) in [4.78, 5) is 25.6. The summed E-state index contributed by atoms with van der Waals surface area (Å²) in [5.41, 5.74) is 0. The molecule has 0 rings (SSSR count). The fraction of sp³-hybridized carbons (Fsp3) is 0.731. The minimum Gasteiger partial charge on any atom is -0.462 e. The van der Waals surface area contributed by atoms with Crippen molar-refractivity contribution in [3.63, 3.8) is 0 Å². The summed E-state index contributed by atoms with van der Waals surface area (Å²) in [5, 5.41) is 0. The average Bonchev–Trinajstić information content (AvgIpc) is 3.38. The van der Waals surface area contributed by atoms with E-state index in [1.807, 2.05) is 0 Å². The van der Waals surface area contributed by atoms with Crippen molar-refractivity contribution in [2.45, 2.75) is 297 Å². The molecular weight excluding hydrogens is 885 g/mol. The lowest BCUT2D eigenvalue weighted by atomic mass is 10.1. The molecule has 0 bridgehead atoms. The summed E-state index contributed by atoms with van der Waals surface area (Å²) in [6, 6.07) is 0. The van der Waals surface area contributed by atoms with Crippen molar-refractivity contribution in [2.75, 3.05) is 19.8 Å². The van der Waals surface area contributed by atoms with Gasteiger partial charge in [-0.2, -0.15) is 0 Å². The van der Waals surface area contributed by atoms with E-state index in [1.54, 1.807) is 0 Å². The lowest BCUT2D eigenvalue weighted by Gasteiger charge is -2.18. The standard InChI is InChI=1S/C67H116O5/c1-4-7-10-13-16-19-22-25-28-31-33-35-38-41-44-47-50-53-56-59-62-70-63-65(72-67(69)61-58-55-52-49-46-43-40-36-30-27-24-21-18-15-12-9-6-3)64-71-66(68)60-57-54-51-48-45-42-39-37-34-32-29-26-23-20-17-14-11-8-5-2/h8,11,16-21,25-30,34,37,65H,4-7,9-10,12-15,22-24,31-33,35-36,38-64H2,1-3H3/b11-8-,19-16-,20-17-,21-18-,28-25-,29-26-,30-27-,37-34-. The second kappa shape index (κ2) is 62.1. The van der Waals surface area contributed by atoms with Gasteiger partial charge >= 0.3 is 11.9 Å². The van der Waals surface area contributed by atoms with Gasteiger partial charge in [-0.3, -0.25) is 9.59 Å². The SMILES string of the molecule is CC/C=C\C/C=C\C/C=C\C/C=C\CCCCCCCCC(=O)OCC(COCCCCCCCCCCCC/C=C\C/C=C\CCCCC)OC(=O)CCCCCCCCC/C=C\C/C=C\CCCCC. The van der Waals surface area contributed by atoms with Crippen molar-refractivity contribution in [1.82, 2.24) is 0 Å². The predicted molar refractivity (Wildman–Crippen MR) is 316 cm³/mol. The van der Waals surface area contributed by atoms with E-state index in [0.717, 1.165) is 96.3 Å². The summed E-state index contributed by atoms with van der Waals surface area (Å²) in [6.07, 6.45) is 84.3. The van der Waals surface area contributed by atoms with Gasteiger partial charge in [-0.05, 0) is 122 Å². The molecule has 0 radical (unpaired) electrons. The lowest BCUT2D eigenvalue weighted by Crippen LogP contribution is -2.30. The number of unbranched alkanes of at least 4 members (excludes halogenated alkanes) is 29. The zero-order valence-electron chi connectivity index (χ0n) is 47.7. The Bertz CT molecular complexity index is 1360. The molecule has 1 atom stereocenters. The molecule has 1 unspecified atom stereocenters. The quantitative estimate of drug-likeness (QED) is 0.0345. The Balaban J connectivity index is 4.32. The maximum atomic E-state index is 12.9. The minimum atomic E-state index is -0.555. The van der Waals surface area contributed by atoms with Crippen molar-refractivity contribution < 1.29 is 23.8 Å². The fourth-order valence-corrected chi connectivity index (χ4v) is 8.50. The van der Waals surface area contributed by atoms with Gasteiger partial charge in [-0.25, -0.2) is 0 Å². The molecule has 0 saturated carbocycles. The first-order valence-corrected chi connectivity index (χ1v) is 30.8. The van der Waals surface area contributed by atoms with Crippen LogP contribution in [0.1, 0.15) is 290 Å². The van der Waals surface area contributed by atoms with Gasteiger partial charge < -0.3 is 14.2 Å². The number of carbonyl (C=O) groups excluding carboxylic acids is 2. The van der Waals surface area contributed by atoms with Gasteiger partial charge in [0.2, 0.25) is 0 Å². The third kappa shape index (κ3) is 59.4. The number of carbonyl (C=O) groups is 2. The number of hydrogen-bond acceptors (Lipinski definition) is 5. The van der Waals surface area contributed by atoms with E-state index in [2.05, 4.69) is 118 Å². The van der Waals surface area contributed by atoms with Crippen LogP contribution in [-0.4, -0.2) is 37.9 Å². The van der Waals surface area contributed by atoms with Gasteiger partial charge in [0.15, 0.2) is 6.10 Å². The number of esters is 2. The fourth-order valence-electron chi connectivity index (χ4n) is 8.50. The highest BCUT2D eigenvalue weighted by atomic mass is 16.6. The van der Waals surface area contributed by atoms with Gasteiger partial charge in [-0.15, -0.1) is 0 Å². The van der Waals surface area contributed by atoms with Gasteiger partial charge in [0.05, 0.1) is 6.61 Å². The summed E-state index contributed by atoms with van der Waals surface area (Å²) in [6.45, 7) is 7.66. The molecule has 0 N–H and O–H groups in total. The Labute approximate surface area is 447 Å². The highest BCUT2D eigenvalue weighted by Crippen LogP contribution is 2.15. The van der Waals surface area contributed by atoms with Crippen molar-refractivity contribution in [2.24, 2.45) is 0 Å². The first kappa shape index (κ1) is 68.8. The third-order valence-corrected chi connectivity index (χ3v) is 13.1. The van der Waals surface area contributed by atoms with E-state index in [-0.39, 0.29) is 25.2 Å². The van der Waals surface area contributed by atoms with E-state index in [1.165, 1.54) is 161 Å². The molecule has 0 heterocycles. The van der Waals surface area contributed by atoms with Crippen LogP contribution >= 0.6 is 0 Å². The van der Waals surface area contributed by atoms with Crippen LogP contribution in [0.2, 0.25) is 0 Å². The first-order chi connectivity index (χ1) is 35.6. The number of allylic oxidation sites excluding steroid dienone is 16. The third-order valence-electron chi connectivity index (χ3n) is 13.1. The maximum absolute atomic E-state index is 12.9. The van der Waals surface area contributed by atoms with Crippen LogP contribution in [0.25, 0.3) is 0 Å². The highest BCUT2D eigenvalue weighted by Gasteiger charge is 2.17. The Kier molecular flexibility index (Phi) is 59.4. The second-order valence-corrected chi connectivity index (χ2v) is 20.2. The summed E-state index contributed by atoms with van der Waals surface area (Å²) >= 11 is 0. The van der Waals surface area contributed by atoms with Crippen molar-refractivity contribution >= 4 is 11.9 Å². The maximum Gasteiger partial charge on any atom is 0.306 e. The van der Waals surface area contributed by atoms with Crippen LogP contribution in [0, 0.1) is 0 Å². The highest BCUT2D eigenvalue weighted by molar-refractivity contribution is 5.70. The van der Waals surface area contributed by atoms with Crippen molar-refractivity contribution in [1.29, 1.82) is 0 Å². The smallest absolute Gasteiger partial charge is 0.306 e. The van der Waals surface area contributed by atoms with E-state index < -0.39 is 6.10 Å². The van der Waals surface area contributed by atoms with Crippen LogP contribution in [0.15, 0.2) is 97.2 Å². The molecule has 0 saturated heterocycles. The van der Waals surface area contributed by atoms with E-state index in [0.29, 0.717) is 19.4 Å². The molecule has 0 aromatic rings. The zero-order valence-corrected chi connectivity index (χ0v) is 47.7. The molecule has 0 spiro atoms. The molecule has 0 aliphatic rings. The molecule has 0 amide bonds. The minimum absolute atomic E-state index is 0.0698. The van der Waals surface area contributed by atoms with E-state index >= 15 is 0 Å². The molecule has 72 heavy (non-hydrogen) atoms. The normalized spacial score (nSPS) is 12.9. The van der Waals surface area contributed by atoms with E-state index in [9.17, 15) is 9.59 Å². The van der Waals surface area contributed by atoms with E-state index in [4.69, 9.17) is 14.2 Å². The topological polar surface area (TPSA) is 61.8 Å². The Hall–Kier alpha value is -3.18. The van der Waals surface area contributed by atoms with Gasteiger partial charge in [-0.1, -0.05) is 253 Å². The van der Waals surface area contributed by atoms with Gasteiger partial charge in [0, 0.05) is 19.4 Å². The van der Waals surface area contributed by atoms with Crippen LogP contribution < -0.4 is 0 Å². The molecule has 5 nitrogen and oxygen atoms in total. The number of rotatable bonds is 56. The van der Waals surface area contributed by atoms with Crippen molar-refractivity contribution in [3.05, 3.63) is 97.2 Å². The molecule has 0 aromatic carbocycles. The largest absolute Gasteiger partial charge is 0.462 e. The van der Waals surface area contributed by atoms with Crippen LogP contribution in [0.4, 0.5) is 0 Å². The van der Waals surface area contributed by atoms with Crippen LogP contribution in [0.3, 0.4) is 0 Å². The second-order valence-electron chi connectivity index (χ2n) is 20.2. The molecule has 0 aliphatic carbocycles. The zero-order chi connectivity index (χ0) is 52.0. The predicted octanol–water partition coefficient (Wildman–Crippen LogP) is 21.4. The summed E-state index contributed by atoms with van der Waals surface area (Å²) < 4.78 is 17.5. The molecule has 5 heteroatoms. The Morgan fingerprint density at radius 2 is 0.625 bits per heavy atom. The average molecular weight is 1000 g/mol. The monoisotopic (exact) mass is 1000 g/mol. The molecule has 0 fully saturated rings. The lowest BCUT2D eigenvalue weighted by molar-refractivity contribution is -0.163. The number of ether oxygens (including phenoxy) is 3. The van der Waals surface area contributed by atoms with Crippen LogP contribution in [0.5, 0.6) is 0 Å². The summed E-state index contributed by atoms with van der Waals surface area (Å²) in [5.74, 6) is -0.418. The first-order valence-electron chi connectivity index (χ1n) is 30.8. The molecule has 0 aliphatic heterocycles. The number of hydrogen-bond donors (Lipinski definition) is 0.